The highest BCUT2D eigenvalue weighted by atomic mass is 35.5. The Morgan fingerprint density at radius 3 is 2.91 bits per heavy atom. The number of fused-ring (bicyclic) bond motifs is 1. The van der Waals surface area contributed by atoms with Crippen molar-refractivity contribution in [2.75, 3.05) is 7.11 Å². The molecule has 0 amide bonds. The summed E-state index contributed by atoms with van der Waals surface area (Å²) in [6.07, 6.45) is 6.39. The first kappa shape index (κ1) is 14.4. The number of ether oxygens (including phenoxy) is 1. The minimum absolute atomic E-state index is 0.205. The van der Waals surface area contributed by atoms with Crippen LogP contribution in [0.3, 0.4) is 0 Å². The van der Waals surface area contributed by atoms with E-state index in [2.05, 4.69) is 19.9 Å². The van der Waals surface area contributed by atoms with Crippen LogP contribution >= 0.6 is 11.6 Å². The maximum absolute atomic E-state index is 11.9. The van der Waals surface area contributed by atoms with Gasteiger partial charge in [-0.1, -0.05) is 0 Å². The summed E-state index contributed by atoms with van der Waals surface area (Å²) in [6.45, 7) is 2.32. The van der Waals surface area contributed by atoms with Crippen molar-refractivity contribution < 1.29 is 9.53 Å². The monoisotopic (exact) mass is 317 g/mol. The van der Waals surface area contributed by atoms with Gasteiger partial charge >= 0.3 is 5.97 Å². The summed E-state index contributed by atoms with van der Waals surface area (Å²) in [5, 5.41) is 0.845. The Morgan fingerprint density at radius 1 is 1.36 bits per heavy atom. The van der Waals surface area contributed by atoms with Gasteiger partial charge < -0.3 is 9.30 Å². The van der Waals surface area contributed by atoms with Crippen LogP contribution in [0.4, 0.5) is 0 Å². The molecule has 0 saturated carbocycles. The molecule has 0 aliphatic heterocycles. The van der Waals surface area contributed by atoms with Gasteiger partial charge in [-0.05, 0) is 18.5 Å². The Balaban J connectivity index is 2.09. The first-order chi connectivity index (χ1) is 10.6. The number of methoxy groups -OCH3 is 1. The van der Waals surface area contributed by atoms with Crippen LogP contribution < -0.4 is 0 Å². The Labute approximate surface area is 131 Å². The molecule has 0 aliphatic rings. The molecule has 0 radical (unpaired) electrons. The van der Waals surface area contributed by atoms with Crippen LogP contribution in [-0.4, -0.2) is 37.6 Å². The molecule has 0 atom stereocenters. The number of aromatic nitrogens is 5. The smallest absolute Gasteiger partial charge is 0.340 e. The van der Waals surface area contributed by atoms with E-state index in [9.17, 15) is 4.79 Å². The van der Waals surface area contributed by atoms with Crippen molar-refractivity contribution in [3.8, 4) is 0 Å². The molecule has 8 heteroatoms. The maximum Gasteiger partial charge on any atom is 0.340 e. The second kappa shape index (κ2) is 5.69. The molecule has 3 aromatic heterocycles. The molecule has 0 bridgehead atoms. The van der Waals surface area contributed by atoms with Crippen LogP contribution in [0.5, 0.6) is 0 Å². The van der Waals surface area contributed by atoms with Crippen molar-refractivity contribution in [2.24, 2.45) is 0 Å². The molecule has 7 nitrogen and oxygen atoms in total. The summed E-state index contributed by atoms with van der Waals surface area (Å²) in [7, 11) is 1.34. The highest BCUT2D eigenvalue weighted by molar-refractivity contribution is 6.28. The average Bonchev–Trinajstić information content (AvgIpc) is 2.88. The Hall–Kier alpha value is -2.54. The molecule has 0 aliphatic carbocycles. The van der Waals surface area contributed by atoms with Gasteiger partial charge in [0, 0.05) is 29.8 Å². The lowest BCUT2D eigenvalue weighted by Crippen LogP contribution is -2.04. The summed E-state index contributed by atoms with van der Waals surface area (Å²) in [6, 6.07) is 0. The third-order valence-corrected chi connectivity index (χ3v) is 3.52. The molecule has 0 aromatic carbocycles. The number of carbonyl (C=O) groups excluding carboxylic acids is 1. The molecule has 0 spiro atoms. The molecule has 0 fully saturated rings. The van der Waals surface area contributed by atoms with Crippen LogP contribution in [0.25, 0.3) is 11.0 Å². The van der Waals surface area contributed by atoms with Gasteiger partial charge in [0.15, 0.2) is 0 Å². The number of esters is 1. The Bertz CT molecular complexity index is 862. The predicted molar refractivity (Wildman–Crippen MR) is 79.7 cm³/mol. The van der Waals surface area contributed by atoms with E-state index in [1.165, 1.54) is 13.4 Å². The van der Waals surface area contributed by atoms with Crippen molar-refractivity contribution in [3.05, 3.63) is 47.0 Å². The third-order valence-electron chi connectivity index (χ3n) is 3.34. The molecule has 0 saturated heterocycles. The summed E-state index contributed by atoms with van der Waals surface area (Å²) >= 11 is 5.77. The van der Waals surface area contributed by atoms with Gasteiger partial charge in [-0.15, -0.1) is 0 Å². The number of nitrogens with zero attached hydrogens (tertiary/aromatic N) is 5. The number of halogens is 1. The quantitative estimate of drug-likeness (QED) is 0.543. The summed E-state index contributed by atoms with van der Waals surface area (Å²) in [4.78, 5) is 28.2. The minimum Gasteiger partial charge on any atom is -0.465 e. The van der Waals surface area contributed by atoms with Gasteiger partial charge in [0.2, 0.25) is 5.28 Å². The molecular weight excluding hydrogens is 306 g/mol. The van der Waals surface area contributed by atoms with E-state index in [4.69, 9.17) is 16.3 Å². The van der Waals surface area contributed by atoms with E-state index in [1.54, 1.807) is 18.6 Å². The van der Waals surface area contributed by atoms with Crippen LogP contribution in [0.1, 0.15) is 21.6 Å². The lowest BCUT2D eigenvalue weighted by atomic mass is 10.2. The zero-order valence-corrected chi connectivity index (χ0v) is 12.7. The molecule has 3 aromatic rings. The summed E-state index contributed by atoms with van der Waals surface area (Å²) < 4.78 is 6.63. The molecule has 0 unspecified atom stereocenters. The summed E-state index contributed by atoms with van der Waals surface area (Å²) in [5.41, 5.74) is 2.72. The van der Waals surface area contributed by atoms with E-state index in [0.717, 1.165) is 11.3 Å². The van der Waals surface area contributed by atoms with Gasteiger partial charge in [-0.25, -0.2) is 24.7 Å². The Kier molecular flexibility index (Phi) is 3.72. The topological polar surface area (TPSA) is 82.8 Å². The fraction of sp³-hybridized carbons (Fsp3) is 0.214. The van der Waals surface area contributed by atoms with Gasteiger partial charge in [0.05, 0.1) is 24.6 Å². The van der Waals surface area contributed by atoms with E-state index in [1.807, 2.05) is 11.5 Å². The molecule has 3 rings (SSSR count). The number of rotatable bonds is 3. The fourth-order valence-corrected chi connectivity index (χ4v) is 2.40. The van der Waals surface area contributed by atoms with E-state index >= 15 is 0 Å². The molecule has 22 heavy (non-hydrogen) atoms. The van der Waals surface area contributed by atoms with E-state index in [0.29, 0.717) is 23.1 Å². The lowest BCUT2D eigenvalue weighted by Gasteiger charge is -2.06. The van der Waals surface area contributed by atoms with Crippen molar-refractivity contribution in [1.29, 1.82) is 0 Å². The highest BCUT2D eigenvalue weighted by Gasteiger charge is 2.17. The van der Waals surface area contributed by atoms with Crippen molar-refractivity contribution in [1.82, 2.24) is 24.5 Å². The molecule has 0 N–H and O–H groups in total. The van der Waals surface area contributed by atoms with Crippen molar-refractivity contribution in [3.63, 3.8) is 0 Å². The first-order valence-electron chi connectivity index (χ1n) is 6.45. The fourth-order valence-electron chi connectivity index (χ4n) is 2.22. The predicted octanol–water partition coefficient (Wildman–Crippen LogP) is 2.02. The highest BCUT2D eigenvalue weighted by Crippen LogP contribution is 2.21. The lowest BCUT2D eigenvalue weighted by molar-refractivity contribution is 0.0602. The van der Waals surface area contributed by atoms with Crippen molar-refractivity contribution >= 4 is 28.6 Å². The van der Waals surface area contributed by atoms with Gasteiger partial charge in [-0.3, -0.25) is 0 Å². The van der Waals surface area contributed by atoms with Crippen LogP contribution in [0, 0.1) is 6.92 Å². The molecule has 3 heterocycles. The number of hydrogen-bond acceptors (Lipinski definition) is 6. The number of hydrogen-bond donors (Lipinski definition) is 0. The second-order valence-corrected chi connectivity index (χ2v) is 5.01. The van der Waals surface area contributed by atoms with Crippen LogP contribution in [-0.2, 0) is 11.3 Å². The van der Waals surface area contributed by atoms with Gasteiger partial charge in [-0.2, -0.15) is 0 Å². The Morgan fingerprint density at radius 2 is 2.18 bits per heavy atom. The third kappa shape index (κ3) is 2.50. The number of aryl methyl sites for hydroxylation is 1. The normalized spacial score (nSPS) is 10.9. The average molecular weight is 318 g/mol. The minimum atomic E-state index is -0.428. The van der Waals surface area contributed by atoms with Crippen LogP contribution in [0.2, 0.25) is 5.28 Å². The van der Waals surface area contributed by atoms with Gasteiger partial charge in [0.25, 0.3) is 0 Å². The molecule has 112 valence electrons. The van der Waals surface area contributed by atoms with Crippen LogP contribution in [0.15, 0.2) is 24.9 Å². The molecular formula is C14H12ClN5O2. The van der Waals surface area contributed by atoms with Crippen molar-refractivity contribution in [2.45, 2.75) is 13.5 Å². The van der Waals surface area contributed by atoms with Gasteiger partial charge in [0.1, 0.15) is 12.0 Å². The van der Waals surface area contributed by atoms with E-state index < -0.39 is 5.97 Å². The second-order valence-electron chi connectivity index (χ2n) is 4.67. The zero-order valence-electron chi connectivity index (χ0n) is 11.9. The number of carbonyl (C=O) groups is 1. The summed E-state index contributed by atoms with van der Waals surface area (Å²) in [5.74, 6) is -0.428. The zero-order chi connectivity index (χ0) is 15.7. The standard InChI is InChI=1S/C14H12ClN5O2/c1-8-9(3-17-14(15)19-8)5-20-6-11(13(21)22-2)10-4-16-7-18-12(10)20/h3-4,6-7H,5H2,1-2H3. The largest absolute Gasteiger partial charge is 0.465 e. The SMILES string of the molecule is COC(=O)c1cn(Cc2cnc(Cl)nc2C)c2ncncc12. The van der Waals surface area contributed by atoms with E-state index in [-0.39, 0.29) is 5.28 Å². The first-order valence-corrected chi connectivity index (χ1v) is 6.83. The maximum atomic E-state index is 11.9.